The summed E-state index contributed by atoms with van der Waals surface area (Å²) in [5.74, 6) is 0.647. The highest BCUT2D eigenvalue weighted by molar-refractivity contribution is 7.91. The molecule has 2 aliphatic rings. The fourth-order valence-electron chi connectivity index (χ4n) is 4.23. The van der Waals surface area contributed by atoms with Crippen molar-refractivity contribution >= 4 is 21.4 Å². The van der Waals surface area contributed by atoms with Crippen molar-refractivity contribution in [2.24, 2.45) is 16.7 Å². The van der Waals surface area contributed by atoms with Gasteiger partial charge in [0.25, 0.3) is 0 Å². The van der Waals surface area contributed by atoms with Crippen molar-refractivity contribution in [1.82, 2.24) is 4.72 Å². The third kappa shape index (κ3) is 1.98. The molecule has 2 bridgehead atoms. The van der Waals surface area contributed by atoms with E-state index in [-0.39, 0.29) is 16.9 Å². The van der Waals surface area contributed by atoms with Crippen molar-refractivity contribution in [2.45, 2.75) is 50.3 Å². The predicted octanol–water partition coefficient (Wildman–Crippen LogP) is 3.24. The van der Waals surface area contributed by atoms with Crippen molar-refractivity contribution in [1.29, 1.82) is 0 Å². The Bertz CT molecular complexity index is 572. The van der Waals surface area contributed by atoms with Crippen LogP contribution in [0.5, 0.6) is 0 Å². The minimum absolute atomic E-state index is 0.0471. The summed E-state index contributed by atoms with van der Waals surface area (Å²) in [6, 6.07) is 3.51. The Morgan fingerprint density at radius 2 is 2.11 bits per heavy atom. The highest BCUT2D eigenvalue weighted by Gasteiger charge is 2.60. The van der Waals surface area contributed by atoms with E-state index in [0.29, 0.717) is 10.1 Å². The minimum Gasteiger partial charge on any atom is -0.206 e. The Kier molecular flexibility index (Phi) is 2.90. The molecule has 3 rings (SSSR count). The molecule has 2 aliphatic carbocycles. The maximum absolute atomic E-state index is 12.5. The second kappa shape index (κ2) is 4.06. The second-order valence-electron chi connectivity index (χ2n) is 6.90. The molecule has 1 aromatic heterocycles. The molecule has 0 aromatic carbocycles. The summed E-state index contributed by atoms with van der Waals surface area (Å²) in [7, 11) is -3.36. The van der Waals surface area contributed by atoms with Gasteiger partial charge in [0.15, 0.2) is 0 Å². The zero-order valence-corrected chi connectivity index (χ0v) is 13.3. The zero-order chi connectivity index (χ0) is 13.9. The summed E-state index contributed by atoms with van der Waals surface area (Å²) < 4.78 is 28.3. The molecule has 106 valence electrons. The third-order valence-corrected chi connectivity index (χ3v) is 8.12. The van der Waals surface area contributed by atoms with Crippen LogP contribution in [-0.4, -0.2) is 14.5 Å². The van der Waals surface area contributed by atoms with Crippen molar-refractivity contribution in [3.05, 3.63) is 17.5 Å². The Balaban J connectivity index is 1.92. The van der Waals surface area contributed by atoms with Crippen LogP contribution in [0.4, 0.5) is 0 Å². The van der Waals surface area contributed by atoms with Crippen LogP contribution in [0, 0.1) is 16.7 Å². The van der Waals surface area contributed by atoms with E-state index in [4.69, 9.17) is 0 Å². The first kappa shape index (κ1) is 13.6. The maximum Gasteiger partial charge on any atom is 0.250 e. The van der Waals surface area contributed by atoms with Gasteiger partial charge in [-0.05, 0) is 47.5 Å². The first-order valence-corrected chi connectivity index (χ1v) is 9.18. The molecule has 0 radical (unpaired) electrons. The lowest BCUT2D eigenvalue weighted by atomic mass is 9.69. The average Bonchev–Trinajstić information content (AvgIpc) is 2.97. The summed E-state index contributed by atoms with van der Waals surface area (Å²) in [6.45, 7) is 6.66. The summed E-state index contributed by atoms with van der Waals surface area (Å²) in [6.07, 6.45) is 3.52. The molecule has 0 aliphatic heterocycles. The quantitative estimate of drug-likeness (QED) is 0.931. The predicted molar refractivity (Wildman–Crippen MR) is 77.7 cm³/mol. The average molecular weight is 299 g/mol. The number of sulfonamides is 1. The van der Waals surface area contributed by atoms with E-state index >= 15 is 0 Å². The van der Waals surface area contributed by atoms with E-state index in [0.717, 1.165) is 12.8 Å². The van der Waals surface area contributed by atoms with Crippen molar-refractivity contribution in [3.63, 3.8) is 0 Å². The van der Waals surface area contributed by atoms with Crippen LogP contribution in [0.3, 0.4) is 0 Å². The number of hydrogen-bond donors (Lipinski definition) is 1. The topological polar surface area (TPSA) is 46.2 Å². The van der Waals surface area contributed by atoms with Gasteiger partial charge in [-0.3, -0.25) is 0 Å². The number of rotatable bonds is 3. The van der Waals surface area contributed by atoms with Crippen LogP contribution >= 0.6 is 11.3 Å². The van der Waals surface area contributed by atoms with Gasteiger partial charge in [0.1, 0.15) is 4.21 Å². The molecule has 1 N–H and O–H groups in total. The Hall–Kier alpha value is -0.390. The molecule has 3 nitrogen and oxygen atoms in total. The van der Waals surface area contributed by atoms with Crippen LogP contribution < -0.4 is 4.72 Å². The van der Waals surface area contributed by atoms with Gasteiger partial charge < -0.3 is 0 Å². The van der Waals surface area contributed by atoms with Gasteiger partial charge in [0.05, 0.1) is 0 Å². The summed E-state index contributed by atoms with van der Waals surface area (Å²) in [4.78, 5) is 0. The second-order valence-corrected chi connectivity index (χ2v) is 9.79. The van der Waals surface area contributed by atoms with Crippen molar-refractivity contribution in [2.75, 3.05) is 0 Å². The molecule has 3 atom stereocenters. The molecule has 2 fully saturated rings. The standard InChI is InChI=1S/C14H21NO2S2/c1-13(2)10-6-7-14(3,9-10)12(13)15-19(16,17)11-5-4-8-18-11/h4-5,8,10,12,15H,6-7,9H2,1-3H3/t10-,12-,14?/m0/s1. The van der Waals surface area contributed by atoms with Crippen LogP contribution in [0.2, 0.25) is 0 Å². The SMILES string of the molecule is CC12CC[C@@H](C1)C(C)(C)[C@@H]2NS(=O)(=O)c1cccs1. The molecular formula is C14H21NO2S2. The molecule has 1 aromatic rings. The molecule has 0 spiro atoms. The first-order valence-electron chi connectivity index (χ1n) is 6.82. The van der Waals surface area contributed by atoms with Crippen molar-refractivity contribution in [3.8, 4) is 0 Å². The third-order valence-electron chi connectivity index (χ3n) is 5.30. The van der Waals surface area contributed by atoms with Gasteiger partial charge in [-0.1, -0.05) is 26.8 Å². The number of thiophene rings is 1. The molecule has 19 heavy (non-hydrogen) atoms. The maximum atomic E-state index is 12.5. The van der Waals surface area contributed by atoms with E-state index in [9.17, 15) is 8.42 Å². The van der Waals surface area contributed by atoms with Gasteiger partial charge in [-0.15, -0.1) is 11.3 Å². The smallest absolute Gasteiger partial charge is 0.206 e. The van der Waals surface area contributed by atoms with Gasteiger partial charge in [0.2, 0.25) is 10.0 Å². The lowest BCUT2D eigenvalue weighted by molar-refractivity contribution is 0.127. The first-order chi connectivity index (χ1) is 8.76. The van der Waals surface area contributed by atoms with E-state index in [1.165, 1.54) is 17.8 Å². The van der Waals surface area contributed by atoms with Crippen LogP contribution in [0.25, 0.3) is 0 Å². The molecule has 1 unspecified atom stereocenters. The highest BCUT2D eigenvalue weighted by Crippen LogP contribution is 2.62. The van der Waals surface area contributed by atoms with Gasteiger partial charge in [0, 0.05) is 6.04 Å². The van der Waals surface area contributed by atoms with E-state index < -0.39 is 10.0 Å². The molecule has 0 amide bonds. The monoisotopic (exact) mass is 299 g/mol. The van der Waals surface area contributed by atoms with E-state index in [1.807, 2.05) is 5.38 Å². The fourth-order valence-corrected chi connectivity index (χ4v) is 6.76. The summed E-state index contributed by atoms with van der Waals surface area (Å²) in [5, 5.41) is 1.81. The number of nitrogens with one attached hydrogen (secondary N) is 1. The zero-order valence-electron chi connectivity index (χ0n) is 11.6. The normalized spacial score (nSPS) is 36.8. The largest absolute Gasteiger partial charge is 0.250 e. The van der Waals surface area contributed by atoms with Crippen LogP contribution in [0.1, 0.15) is 40.0 Å². The van der Waals surface area contributed by atoms with Crippen molar-refractivity contribution < 1.29 is 8.42 Å². The molecule has 2 saturated carbocycles. The van der Waals surface area contributed by atoms with Crippen LogP contribution in [0.15, 0.2) is 21.7 Å². The van der Waals surface area contributed by atoms with Crippen LogP contribution in [-0.2, 0) is 10.0 Å². The minimum atomic E-state index is -3.36. The fraction of sp³-hybridized carbons (Fsp3) is 0.714. The highest BCUT2D eigenvalue weighted by atomic mass is 32.2. The van der Waals surface area contributed by atoms with Gasteiger partial charge >= 0.3 is 0 Å². The summed E-state index contributed by atoms with van der Waals surface area (Å²) in [5.41, 5.74) is 0.176. The molecular weight excluding hydrogens is 278 g/mol. The molecule has 1 heterocycles. The van der Waals surface area contributed by atoms with E-state index in [1.54, 1.807) is 12.1 Å². The van der Waals surface area contributed by atoms with Gasteiger partial charge in [-0.25, -0.2) is 13.1 Å². The lowest BCUT2D eigenvalue weighted by Gasteiger charge is -2.42. The Labute approximate surface area is 119 Å². The number of fused-ring (bicyclic) bond motifs is 2. The molecule has 5 heteroatoms. The van der Waals surface area contributed by atoms with E-state index in [2.05, 4.69) is 25.5 Å². The summed E-state index contributed by atoms with van der Waals surface area (Å²) >= 11 is 1.28. The Morgan fingerprint density at radius 3 is 2.63 bits per heavy atom. The molecule has 0 saturated heterocycles. The van der Waals surface area contributed by atoms with Gasteiger partial charge in [-0.2, -0.15) is 0 Å². The number of hydrogen-bond acceptors (Lipinski definition) is 3. The lowest BCUT2D eigenvalue weighted by Crippen LogP contribution is -2.52. The Morgan fingerprint density at radius 1 is 1.37 bits per heavy atom.